The minimum absolute atomic E-state index is 0.0191. The Morgan fingerprint density at radius 1 is 1.30 bits per heavy atom. The summed E-state index contributed by atoms with van der Waals surface area (Å²) < 4.78 is 44.4. The van der Waals surface area contributed by atoms with Gasteiger partial charge in [-0.2, -0.15) is 4.98 Å². The van der Waals surface area contributed by atoms with Crippen molar-refractivity contribution in [2.45, 2.75) is 39.2 Å². The zero-order chi connectivity index (χ0) is 22.1. The van der Waals surface area contributed by atoms with Gasteiger partial charge in [0, 0.05) is 23.8 Å². The monoisotopic (exact) mass is 438 g/mol. The van der Waals surface area contributed by atoms with E-state index in [0.717, 1.165) is 18.9 Å². The molecule has 0 aliphatic rings. The number of halogens is 3. The van der Waals surface area contributed by atoms with Gasteiger partial charge in [0.1, 0.15) is 17.0 Å². The number of nitrogen functional groups attached to an aromatic ring is 1. The van der Waals surface area contributed by atoms with Crippen LogP contribution in [0.15, 0.2) is 29.2 Å². The summed E-state index contributed by atoms with van der Waals surface area (Å²) in [6.45, 7) is 4.46. The van der Waals surface area contributed by atoms with Gasteiger partial charge in [0.25, 0.3) is 5.56 Å². The van der Waals surface area contributed by atoms with Crippen LogP contribution in [0.25, 0.3) is 22.4 Å². The van der Waals surface area contributed by atoms with E-state index in [1.165, 1.54) is 22.9 Å². The molecule has 0 radical (unpaired) electrons. The molecule has 3 N–H and O–H groups in total. The molecule has 0 aliphatic heterocycles. The summed E-state index contributed by atoms with van der Waals surface area (Å²) in [5.74, 6) is -3.28. The van der Waals surface area contributed by atoms with Crippen LogP contribution in [0.3, 0.4) is 0 Å². The van der Waals surface area contributed by atoms with Crippen LogP contribution >= 0.6 is 11.9 Å². The predicted molar refractivity (Wildman–Crippen MR) is 113 cm³/mol. The van der Waals surface area contributed by atoms with Crippen molar-refractivity contribution in [2.75, 3.05) is 16.2 Å². The molecular weight excluding hydrogens is 417 g/mol. The summed E-state index contributed by atoms with van der Waals surface area (Å²) in [6.07, 6.45) is 1.08. The minimum atomic E-state index is -2.77. The first kappa shape index (κ1) is 21.9. The number of anilines is 2. The van der Waals surface area contributed by atoms with Crippen LogP contribution in [0.4, 0.5) is 24.8 Å². The number of hydrogen-bond acceptors (Lipinski definition) is 7. The predicted octanol–water partition coefficient (Wildman–Crippen LogP) is 4.26. The van der Waals surface area contributed by atoms with Crippen molar-refractivity contribution >= 4 is 34.7 Å². The van der Waals surface area contributed by atoms with Crippen LogP contribution in [0.1, 0.15) is 33.2 Å². The number of aromatic nitrogens is 4. The second kappa shape index (κ2) is 8.50. The van der Waals surface area contributed by atoms with E-state index in [0.29, 0.717) is 11.2 Å². The van der Waals surface area contributed by atoms with E-state index in [-0.39, 0.29) is 41.1 Å². The van der Waals surface area contributed by atoms with Crippen LogP contribution in [0, 0.1) is 5.82 Å². The highest BCUT2D eigenvalue weighted by molar-refractivity contribution is 8.00. The first-order chi connectivity index (χ1) is 14.1. The molecule has 0 spiro atoms. The van der Waals surface area contributed by atoms with Gasteiger partial charge in [0.05, 0.1) is 11.9 Å². The van der Waals surface area contributed by atoms with E-state index in [2.05, 4.69) is 19.7 Å². The van der Waals surface area contributed by atoms with Gasteiger partial charge in [-0.05, 0) is 32.9 Å². The van der Waals surface area contributed by atoms with Crippen molar-refractivity contribution in [3.8, 4) is 11.3 Å². The van der Waals surface area contributed by atoms with Crippen molar-refractivity contribution in [3.05, 3.63) is 40.6 Å². The highest BCUT2D eigenvalue weighted by Crippen LogP contribution is 2.26. The number of benzene rings is 1. The van der Waals surface area contributed by atoms with Crippen molar-refractivity contribution in [3.63, 3.8) is 0 Å². The van der Waals surface area contributed by atoms with Crippen molar-refractivity contribution in [1.29, 1.82) is 0 Å². The Morgan fingerprint density at radius 3 is 2.67 bits per heavy atom. The van der Waals surface area contributed by atoms with E-state index in [4.69, 9.17) is 5.73 Å². The Morgan fingerprint density at radius 2 is 2.03 bits per heavy atom. The molecule has 2 heterocycles. The lowest BCUT2D eigenvalue weighted by atomic mass is 10.1. The summed E-state index contributed by atoms with van der Waals surface area (Å²) in [5, 5.41) is 0. The van der Waals surface area contributed by atoms with E-state index in [1.54, 1.807) is 6.07 Å². The van der Waals surface area contributed by atoms with E-state index in [1.807, 2.05) is 13.8 Å². The number of alkyl halides is 2. The summed E-state index contributed by atoms with van der Waals surface area (Å²) >= 11 is 0.982. The molecule has 0 atom stereocenters. The van der Waals surface area contributed by atoms with Gasteiger partial charge in [-0.25, -0.2) is 23.1 Å². The molecular formula is C19H21F3N6OS. The van der Waals surface area contributed by atoms with Crippen LogP contribution in [0.5, 0.6) is 0 Å². The van der Waals surface area contributed by atoms with Gasteiger partial charge in [0.2, 0.25) is 11.9 Å². The lowest BCUT2D eigenvalue weighted by Crippen LogP contribution is -2.26. The fourth-order valence-corrected chi connectivity index (χ4v) is 3.67. The molecule has 3 aromatic rings. The summed E-state index contributed by atoms with van der Waals surface area (Å²) in [5.41, 5.74) is 6.31. The van der Waals surface area contributed by atoms with Crippen LogP contribution in [-0.2, 0) is 0 Å². The number of nitrogens with one attached hydrogen (secondary N) is 1. The maximum absolute atomic E-state index is 14.6. The Kier molecular flexibility index (Phi) is 6.20. The summed E-state index contributed by atoms with van der Waals surface area (Å²) in [4.78, 5) is 25.4. The van der Waals surface area contributed by atoms with Crippen LogP contribution in [0.2, 0.25) is 0 Å². The zero-order valence-electron chi connectivity index (χ0n) is 16.6. The van der Waals surface area contributed by atoms with Gasteiger partial charge in [0.15, 0.2) is 5.65 Å². The maximum atomic E-state index is 14.6. The maximum Gasteiger partial charge on any atom is 0.278 e. The topological polar surface area (TPSA) is 98.7 Å². The Hall–Kier alpha value is -2.82. The molecule has 160 valence electrons. The molecule has 11 heteroatoms. The number of fused-ring (bicyclic) bond motifs is 1. The van der Waals surface area contributed by atoms with Crippen molar-refractivity contribution in [1.82, 2.24) is 19.5 Å². The minimum Gasteiger partial charge on any atom is -0.368 e. The number of hydrogen-bond donors (Lipinski definition) is 2. The normalized spacial score (nSPS) is 12.0. The fourth-order valence-electron chi connectivity index (χ4n) is 2.79. The fraction of sp³-hybridized carbons (Fsp3) is 0.368. The third kappa shape index (κ3) is 4.84. The van der Waals surface area contributed by atoms with Gasteiger partial charge in [-0.1, -0.05) is 18.0 Å². The summed E-state index contributed by atoms with van der Waals surface area (Å²) in [7, 11) is 0. The molecule has 7 nitrogen and oxygen atoms in total. The third-order valence-corrected chi connectivity index (χ3v) is 5.01. The molecule has 0 saturated carbocycles. The second-order valence-corrected chi connectivity index (χ2v) is 8.03. The quantitative estimate of drug-likeness (QED) is 0.420. The van der Waals surface area contributed by atoms with E-state index >= 15 is 0 Å². The molecule has 0 saturated heterocycles. The van der Waals surface area contributed by atoms with E-state index < -0.39 is 17.3 Å². The third-order valence-electron chi connectivity index (χ3n) is 4.23. The number of rotatable bonds is 7. The largest absolute Gasteiger partial charge is 0.368 e. The molecule has 0 unspecified atom stereocenters. The lowest BCUT2D eigenvalue weighted by Gasteiger charge is -2.15. The molecule has 0 fully saturated rings. The first-order valence-electron chi connectivity index (χ1n) is 9.17. The molecule has 2 aromatic heterocycles. The van der Waals surface area contributed by atoms with Gasteiger partial charge >= 0.3 is 0 Å². The Bertz CT molecular complexity index is 1130. The summed E-state index contributed by atoms with van der Waals surface area (Å²) in [6, 6.07) is 3.91. The van der Waals surface area contributed by atoms with Crippen molar-refractivity contribution < 1.29 is 13.2 Å². The number of nitrogens with two attached hydrogens (primary N) is 1. The average Bonchev–Trinajstić information content (AvgIpc) is 2.64. The highest BCUT2D eigenvalue weighted by Gasteiger charge is 2.20. The highest BCUT2D eigenvalue weighted by atomic mass is 32.2. The van der Waals surface area contributed by atoms with Crippen LogP contribution < -0.4 is 16.0 Å². The Labute approximate surface area is 175 Å². The molecule has 0 aliphatic carbocycles. The molecule has 30 heavy (non-hydrogen) atoms. The second-order valence-electron chi connectivity index (χ2n) is 7.13. The number of nitrogens with zero attached hydrogens (tertiary/aromatic N) is 4. The average molecular weight is 438 g/mol. The molecule has 3 rings (SSSR count). The van der Waals surface area contributed by atoms with Gasteiger partial charge in [-0.3, -0.25) is 9.36 Å². The smallest absolute Gasteiger partial charge is 0.278 e. The van der Waals surface area contributed by atoms with Crippen LogP contribution in [-0.4, -0.2) is 31.2 Å². The molecule has 0 amide bonds. The standard InChI is InChI=1S/C19H21F3N6OS/c1-10(2)28-16-14(9-24-18(23)26-16)25-15(17(28)29)11-4-5-13(12(20)8-11)27-30-7-6-19(3,21)22/h4-5,8-10,27H,6-7H2,1-3H3,(H2,23,24,26). The lowest BCUT2D eigenvalue weighted by molar-refractivity contribution is 0.0194. The molecule has 0 bridgehead atoms. The molecule has 1 aromatic carbocycles. The zero-order valence-corrected chi connectivity index (χ0v) is 17.4. The van der Waals surface area contributed by atoms with Gasteiger partial charge in [-0.15, -0.1) is 0 Å². The Balaban J connectivity index is 1.94. The van der Waals surface area contributed by atoms with Crippen molar-refractivity contribution in [2.24, 2.45) is 0 Å². The SMILES string of the molecule is CC(C)n1c(=O)c(-c2ccc(NSCCC(C)(F)F)c(F)c2)nc2cnc(N)nc21. The van der Waals surface area contributed by atoms with E-state index in [9.17, 15) is 18.0 Å². The first-order valence-corrected chi connectivity index (χ1v) is 10.2. The van der Waals surface area contributed by atoms with Gasteiger partial charge < -0.3 is 10.5 Å².